The molecule has 12 nitrogen and oxygen atoms in total. The lowest BCUT2D eigenvalue weighted by Crippen LogP contribution is -2.14. The van der Waals surface area contributed by atoms with Crippen LogP contribution in [-0.2, 0) is 57.2 Å². The summed E-state index contributed by atoms with van der Waals surface area (Å²) in [5, 5.41) is 0. The summed E-state index contributed by atoms with van der Waals surface area (Å²) in [4.78, 5) is 67.8. The Morgan fingerprint density at radius 1 is 0.250 bits per heavy atom. The molecule has 0 aromatic heterocycles. The predicted molar refractivity (Wildman–Crippen MR) is 293 cm³/mol. The number of carbonyl (C=O) groups is 6. The molecule has 0 fully saturated rings. The normalized spacial score (nSPS) is 10.4. The van der Waals surface area contributed by atoms with Gasteiger partial charge in [0.2, 0.25) is 0 Å². The number of ether oxygens (including phenoxy) is 6. The van der Waals surface area contributed by atoms with Crippen LogP contribution in [0, 0.1) is 0 Å². The van der Waals surface area contributed by atoms with E-state index in [-0.39, 0.29) is 57.5 Å². The van der Waals surface area contributed by atoms with Crippen LogP contribution in [0.1, 0.15) is 273 Å². The van der Waals surface area contributed by atoms with Crippen LogP contribution in [0.3, 0.4) is 0 Å². The van der Waals surface area contributed by atoms with Gasteiger partial charge in [0.25, 0.3) is 0 Å². The molecule has 0 amide bonds. The topological polar surface area (TPSA) is 158 Å². The van der Waals surface area contributed by atoms with Gasteiger partial charge < -0.3 is 28.4 Å². The van der Waals surface area contributed by atoms with Crippen LogP contribution in [0.2, 0.25) is 0 Å². The summed E-state index contributed by atoms with van der Waals surface area (Å²) in [5.74, 6) is -1.98. The highest BCUT2D eigenvalue weighted by Gasteiger charge is 2.09. The molecular weight excluding hydrogens is 913 g/mol. The molecular formula is C60H108O12. The Kier molecular flexibility index (Phi) is 58.2. The lowest BCUT2D eigenvalue weighted by molar-refractivity contribution is -0.150. The van der Waals surface area contributed by atoms with E-state index in [2.05, 4.69) is 40.5 Å². The average Bonchev–Trinajstić information content (AvgIpc) is 3.35. The van der Waals surface area contributed by atoms with Crippen molar-refractivity contribution in [1.29, 1.82) is 0 Å². The summed E-state index contributed by atoms with van der Waals surface area (Å²) in [6.07, 6.45) is 42.9. The van der Waals surface area contributed by atoms with Crippen molar-refractivity contribution in [2.75, 3.05) is 39.6 Å². The third-order valence-electron chi connectivity index (χ3n) is 11.7. The van der Waals surface area contributed by atoms with E-state index >= 15 is 0 Å². The average molecular weight is 1020 g/mol. The Hall–Kier alpha value is -3.96. The van der Waals surface area contributed by atoms with Crippen molar-refractivity contribution in [1.82, 2.24) is 0 Å². The maximum atomic E-state index is 11.5. The van der Waals surface area contributed by atoms with Crippen LogP contribution >= 0.6 is 0 Å². The predicted octanol–water partition coefficient (Wildman–Crippen LogP) is 16.0. The molecule has 0 N–H and O–H groups in total. The first-order chi connectivity index (χ1) is 34.7. The first kappa shape index (κ1) is 72.3. The van der Waals surface area contributed by atoms with E-state index in [1.807, 2.05) is 0 Å². The van der Waals surface area contributed by atoms with E-state index in [0.717, 1.165) is 38.5 Å². The molecule has 72 heavy (non-hydrogen) atoms. The van der Waals surface area contributed by atoms with Gasteiger partial charge in [-0.25, -0.2) is 14.4 Å². The van der Waals surface area contributed by atoms with Gasteiger partial charge in [-0.15, -0.1) is 0 Å². The second-order valence-electron chi connectivity index (χ2n) is 19.3. The third kappa shape index (κ3) is 60.3. The Balaban J connectivity index is -0.000000993. The second-order valence-corrected chi connectivity index (χ2v) is 19.3. The van der Waals surface area contributed by atoms with Gasteiger partial charge in [0.1, 0.15) is 39.6 Å². The highest BCUT2D eigenvalue weighted by molar-refractivity contribution is 5.87. The lowest BCUT2D eigenvalue weighted by atomic mass is 10.0. The lowest BCUT2D eigenvalue weighted by Gasteiger charge is -2.06. The summed E-state index contributed by atoms with van der Waals surface area (Å²) in [7, 11) is 0. The zero-order valence-electron chi connectivity index (χ0n) is 47.2. The molecule has 0 saturated carbocycles. The Morgan fingerprint density at radius 2 is 0.403 bits per heavy atom. The van der Waals surface area contributed by atoms with Crippen molar-refractivity contribution in [3.8, 4) is 0 Å². The van der Waals surface area contributed by atoms with E-state index in [0.29, 0.717) is 36.0 Å². The number of rotatable bonds is 48. The van der Waals surface area contributed by atoms with Crippen molar-refractivity contribution in [2.24, 2.45) is 0 Å². The fraction of sp³-hybridized carbons (Fsp3) is 0.800. The van der Waals surface area contributed by atoms with Gasteiger partial charge in [0.15, 0.2) is 0 Å². The quantitative estimate of drug-likeness (QED) is 0.0246. The van der Waals surface area contributed by atoms with E-state index in [1.165, 1.54) is 173 Å². The van der Waals surface area contributed by atoms with E-state index < -0.39 is 17.9 Å². The monoisotopic (exact) mass is 1020 g/mol. The van der Waals surface area contributed by atoms with Gasteiger partial charge in [-0.2, -0.15) is 0 Å². The van der Waals surface area contributed by atoms with Crippen LogP contribution in [-0.4, -0.2) is 75.5 Å². The summed E-state index contributed by atoms with van der Waals surface area (Å²) in [6, 6.07) is 0. The first-order valence-electron chi connectivity index (χ1n) is 28.7. The molecule has 0 radical (unpaired) electrons. The van der Waals surface area contributed by atoms with Gasteiger partial charge in [-0.3, -0.25) is 14.4 Å². The molecule has 0 aliphatic heterocycles. The molecule has 0 saturated heterocycles. The van der Waals surface area contributed by atoms with Crippen LogP contribution in [0.25, 0.3) is 0 Å². The van der Waals surface area contributed by atoms with E-state index in [1.54, 1.807) is 20.8 Å². The maximum Gasteiger partial charge on any atom is 0.333 e. The molecule has 0 rings (SSSR count). The van der Waals surface area contributed by atoms with Crippen LogP contribution in [0.5, 0.6) is 0 Å². The summed E-state index contributed by atoms with van der Waals surface area (Å²) in [6.45, 7) is 22.6. The minimum atomic E-state index is -0.448. The van der Waals surface area contributed by atoms with E-state index in [9.17, 15) is 28.8 Å². The summed E-state index contributed by atoms with van der Waals surface area (Å²) < 4.78 is 29.6. The number of hydrogen-bond donors (Lipinski definition) is 0. The van der Waals surface area contributed by atoms with Gasteiger partial charge in [0, 0.05) is 36.0 Å². The number of esters is 6. The Bertz CT molecular complexity index is 1370. The first-order valence-corrected chi connectivity index (χ1v) is 28.7. The van der Waals surface area contributed by atoms with Crippen LogP contribution in [0.15, 0.2) is 36.5 Å². The smallest absolute Gasteiger partial charge is 0.333 e. The van der Waals surface area contributed by atoms with Gasteiger partial charge >= 0.3 is 35.8 Å². The molecule has 0 atom stereocenters. The molecule has 0 heterocycles. The molecule has 420 valence electrons. The molecule has 0 aliphatic rings. The van der Waals surface area contributed by atoms with Crippen molar-refractivity contribution in [2.45, 2.75) is 273 Å². The third-order valence-corrected chi connectivity index (χ3v) is 11.7. The SMILES string of the molecule is C=C(C)C(=O)OCCOC(=O)CCCCCCCCCCCC.C=C(C)C(=O)OCCOC(=O)CCCCCCCCCCCCC.C=C(C)C(=O)OCCOC(=O)CCCCCCCCCCCCCC. The Morgan fingerprint density at radius 3 is 0.569 bits per heavy atom. The standard InChI is InChI=1S/C21H38O4.C20H36O4.C19H34O4/c1-4-5-6-7-8-9-10-11-12-13-14-15-16-20(22)24-17-18-25-21(23)19(2)3;1-4-5-6-7-8-9-10-11-12-13-14-15-19(21)23-16-17-24-20(22)18(2)3;1-4-5-6-7-8-9-10-11-12-13-14-18(20)22-15-16-23-19(21)17(2)3/h2,4-18H2,1,3H3;2,4-17H2,1,3H3;2,4-16H2,1,3H3. The number of hydrogen-bond acceptors (Lipinski definition) is 12. The molecule has 0 spiro atoms. The molecule has 12 heteroatoms. The molecule has 0 aromatic rings. The van der Waals surface area contributed by atoms with Gasteiger partial charge in [0.05, 0.1) is 0 Å². The fourth-order valence-electron chi connectivity index (χ4n) is 7.26. The summed E-state index contributed by atoms with van der Waals surface area (Å²) >= 11 is 0. The minimum Gasteiger partial charge on any atom is -0.462 e. The van der Waals surface area contributed by atoms with Crippen molar-refractivity contribution in [3.63, 3.8) is 0 Å². The fourth-order valence-corrected chi connectivity index (χ4v) is 7.26. The minimum absolute atomic E-state index is 0.0927. The number of carbonyl (C=O) groups excluding carboxylic acids is 6. The van der Waals surface area contributed by atoms with Gasteiger partial charge in [-0.1, -0.05) is 233 Å². The van der Waals surface area contributed by atoms with Crippen LogP contribution < -0.4 is 0 Å². The van der Waals surface area contributed by atoms with Gasteiger partial charge in [-0.05, 0) is 40.0 Å². The second kappa shape index (κ2) is 57.9. The van der Waals surface area contributed by atoms with Crippen molar-refractivity contribution in [3.05, 3.63) is 36.5 Å². The zero-order valence-corrected chi connectivity index (χ0v) is 47.2. The Labute approximate surface area is 440 Å². The largest absolute Gasteiger partial charge is 0.462 e. The summed E-state index contributed by atoms with van der Waals surface area (Å²) in [5.41, 5.74) is 1.05. The molecule has 0 bridgehead atoms. The molecule has 0 aromatic carbocycles. The highest BCUT2D eigenvalue weighted by atomic mass is 16.6. The van der Waals surface area contributed by atoms with Crippen molar-refractivity contribution < 1.29 is 57.2 Å². The number of unbranched alkanes of at least 4 members (excludes halogenated alkanes) is 30. The molecule has 0 unspecified atom stereocenters. The molecule has 0 aliphatic carbocycles. The zero-order chi connectivity index (χ0) is 54.1. The highest BCUT2D eigenvalue weighted by Crippen LogP contribution is 2.15. The van der Waals surface area contributed by atoms with Crippen LogP contribution in [0.4, 0.5) is 0 Å². The van der Waals surface area contributed by atoms with E-state index in [4.69, 9.17) is 28.4 Å². The maximum absolute atomic E-state index is 11.5. The van der Waals surface area contributed by atoms with Crippen molar-refractivity contribution >= 4 is 35.8 Å².